The Balaban J connectivity index is 3.25. The quantitative estimate of drug-likeness (QED) is 0.579. The van der Waals surface area contributed by atoms with Gasteiger partial charge in [-0.15, -0.1) is 0 Å². The van der Waals surface area contributed by atoms with Crippen molar-refractivity contribution in [1.29, 1.82) is 0 Å². The summed E-state index contributed by atoms with van der Waals surface area (Å²) in [5.74, 6) is 5.98. The van der Waals surface area contributed by atoms with Crippen LogP contribution in [0.3, 0.4) is 0 Å². The average molecular weight is 211 g/mol. The third-order valence-electron chi connectivity index (χ3n) is 1.95. The molecule has 0 aliphatic rings. The van der Waals surface area contributed by atoms with Crippen LogP contribution in [0.2, 0.25) is 0 Å². The maximum Gasteiger partial charge on any atom is 0.166 e. The van der Waals surface area contributed by atoms with Gasteiger partial charge in [0, 0.05) is 11.1 Å². The fourth-order valence-corrected chi connectivity index (χ4v) is 1.33. The van der Waals surface area contributed by atoms with Crippen LogP contribution in [-0.4, -0.2) is 20.5 Å². The molecule has 2 N–H and O–H groups in total. The van der Waals surface area contributed by atoms with Gasteiger partial charge in [-0.05, 0) is 12.1 Å². The predicted molar refractivity (Wildman–Crippen MR) is 53.9 cm³/mol. The topological polar surface area (TPSA) is 70.8 Å². The second-order valence-electron chi connectivity index (χ2n) is 2.84. The minimum absolute atomic E-state index is 0.154. The molecule has 0 saturated heterocycles. The van der Waals surface area contributed by atoms with E-state index in [4.69, 9.17) is 15.4 Å². The van der Waals surface area contributed by atoms with Gasteiger partial charge in [-0.1, -0.05) is 0 Å². The van der Waals surface area contributed by atoms with Crippen LogP contribution in [0.5, 0.6) is 11.5 Å². The van der Waals surface area contributed by atoms with Crippen molar-refractivity contribution in [3.05, 3.63) is 23.3 Å². The molecule has 0 spiro atoms. The van der Waals surface area contributed by atoms with E-state index in [1.54, 1.807) is 12.1 Å². The van der Waals surface area contributed by atoms with Gasteiger partial charge in [-0.2, -0.15) is 0 Å². The number of carbonyl (C=O) groups excluding carboxylic acids is 1. The van der Waals surface area contributed by atoms with Crippen LogP contribution in [-0.2, 0) is 11.4 Å². The first-order valence-corrected chi connectivity index (χ1v) is 4.28. The van der Waals surface area contributed by atoms with Crippen LogP contribution in [0.15, 0.2) is 12.1 Å². The van der Waals surface area contributed by atoms with E-state index >= 15 is 0 Å². The van der Waals surface area contributed by atoms with Gasteiger partial charge in [0.25, 0.3) is 0 Å². The molecular weight excluding hydrogens is 198 g/mol. The highest BCUT2D eigenvalue weighted by Gasteiger charge is 2.11. The molecule has 5 heteroatoms. The van der Waals surface area contributed by atoms with Crippen molar-refractivity contribution in [2.45, 2.75) is 6.61 Å². The molecule has 1 rings (SSSR count). The molecule has 0 aliphatic heterocycles. The zero-order chi connectivity index (χ0) is 11.3. The van der Waals surface area contributed by atoms with Crippen LogP contribution in [0.1, 0.15) is 15.9 Å². The molecule has 0 atom stereocenters. The highest BCUT2D eigenvalue weighted by molar-refractivity contribution is 5.77. The first-order chi connectivity index (χ1) is 7.26. The Labute approximate surface area is 87.7 Å². The number of benzene rings is 1. The first-order valence-electron chi connectivity index (χ1n) is 4.28. The largest absolute Gasteiger partial charge is 0.493 e. The summed E-state index contributed by atoms with van der Waals surface area (Å²) < 4.78 is 10.2. The van der Waals surface area contributed by atoms with Gasteiger partial charge < -0.3 is 9.47 Å². The number of rotatable bonds is 5. The third kappa shape index (κ3) is 2.45. The van der Waals surface area contributed by atoms with Crippen molar-refractivity contribution in [3.8, 4) is 11.5 Å². The minimum Gasteiger partial charge on any atom is -0.493 e. The molecule has 0 aromatic heterocycles. The van der Waals surface area contributed by atoms with Gasteiger partial charge in [-0.3, -0.25) is 9.63 Å². The maximum atomic E-state index is 10.7. The van der Waals surface area contributed by atoms with Crippen LogP contribution in [0, 0.1) is 0 Å². The molecule has 0 aliphatic carbocycles. The second-order valence-corrected chi connectivity index (χ2v) is 2.84. The van der Waals surface area contributed by atoms with Crippen molar-refractivity contribution >= 4 is 6.29 Å². The van der Waals surface area contributed by atoms with Crippen LogP contribution >= 0.6 is 0 Å². The van der Waals surface area contributed by atoms with E-state index in [-0.39, 0.29) is 6.61 Å². The predicted octanol–water partition coefficient (Wildman–Crippen LogP) is 0.907. The zero-order valence-corrected chi connectivity index (χ0v) is 8.65. The van der Waals surface area contributed by atoms with E-state index in [0.29, 0.717) is 22.6 Å². The molecule has 0 amide bonds. The molecule has 0 unspecified atom stereocenters. The fourth-order valence-electron chi connectivity index (χ4n) is 1.33. The van der Waals surface area contributed by atoms with Gasteiger partial charge in [0.15, 0.2) is 11.5 Å². The minimum atomic E-state index is 0.154. The van der Waals surface area contributed by atoms with Gasteiger partial charge in [0.2, 0.25) is 0 Å². The van der Waals surface area contributed by atoms with E-state index < -0.39 is 0 Å². The normalized spacial score (nSPS) is 9.80. The SMILES string of the molecule is COc1cc(C=O)cc(CON)c1OC. The number of carbonyl (C=O) groups is 1. The highest BCUT2D eigenvalue weighted by atomic mass is 16.6. The summed E-state index contributed by atoms with van der Waals surface area (Å²) in [7, 11) is 3.01. The molecule has 82 valence electrons. The molecule has 0 heterocycles. The molecular formula is C10H13NO4. The van der Waals surface area contributed by atoms with Crippen molar-refractivity contribution in [3.63, 3.8) is 0 Å². The van der Waals surface area contributed by atoms with Crippen LogP contribution in [0.4, 0.5) is 0 Å². The van der Waals surface area contributed by atoms with Crippen molar-refractivity contribution in [2.24, 2.45) is 5.90 Å². The third-order valence-corrected chi connectivity index (χ3v) is 1.95. The summed E-state index contributed by atoms with van der Waals surface area (Å²) in [4.78, 5) is 15.2. The first kappa shape index (κ1) is 11.5. The summed E-state index contributed by atoms with van der Waals surface area (Å²) >= 11 is 0. The smallest absolute Gasteiger partial charge is 0.166 e. The van der Waals surface area contributed by atoms with E-state index in [1.807, 2.05) is 0 Å². The van der Waals surface area contributed by atoms with Crippen LogP contribution < -0.4 is 15.4 Å². The summed E-state index contributed by atoms with van der Waals surface area (Å²) in [5.41, 5.74) is 1.15. The molecule has 1 aromatic carbocycles. The lowest BCUT2D eigenvalue weighted by atomic mass is 10.1. The second kappa shape index (κ2) is 5.33. The zero-order valence-electron chi connectivity index (χ0n) is 8.65. The molecule has 15 heavy (non-hydrogen) atoms. The Bertz CT molecular complexity index is 352. The van der Waals surface area contributed by atoms with E-state index in [2.05, 4.69) is 4.84 Å². The number of ether oxygens (including phenoxy) is 2. The van der Waals surface area contributed by atoms with Gasteiger partial charge in [0.1, 0.15) is 6.29 Å². The molecule has 5 nitrogen and oxygen atoms in total. The summed E-state index contributed by atoms with van der Waals surface area (Å²) in [6.45, 7) is 0.154. The van der Waals surface area contributed by atoms with Crippen molar-refractivity contribution in [1.82, 2.24) is 0 Å². The number of methoxy groups -OCH3 is 2. The van der Waals surface area contributed by atoms with Gasteiger partial charge in [-0.25, -0.2) is 5.90 Å². The van der Waals surface area contributed by atoms with Gasteiger partial charge in [0.05, 0.1) is 20.8 Å². The highest BCUT2D eigenvalue weighted by Crippen LogP contribution is 2.32. The van der Waals surface area contributed by atoms with Gasteiger partial charge >= 0.3 is 0 Å². The van der Waals surface area contributed by atoms with Crippen LogP contribution in [0.25, 0.3) is 0 Å². The Morgan fingerprint density at radius 1 is 1.33 bits per heavy atom. The molecule has 0 fully saturated rings. The lowest BCUT2D eigenvalue weighted by Crippen LogP contribution is -2.03. The van der Waals surface area contributed by atoms with E-state index in [0.717, 1.165) is 6.29 Å². The van der Waals surface area contributed by atoms with E-state index in [9.17, 15) is 4.79 Å². The molecule has 0 radical (unpaired) electrons. The van der Waals surface area contributed by atoms with Crippen molar-refractivity contribution < 1.29 is 19.1 Å². The number of aldehydes is 1. The summed E-state index contributed by atoms with van der Waals surface area (Å²) in [5, 5.41) is 0. The number of hydrogen-bond donors (Lipinski definition) is 1. The fraction of sp³-hybridized carbons (Fsp3) is 0.300. The molecule has 0 bridgehead atoms. The summed E-state index contributed by atoms with van der Waals surface area (Å²) in [6, 6.07) is 3.23. The Hall–Kier alpha value is -1.59. The standard InChI is InChI=1S/C10H13NO4/c1-13-9-4-7(5-12)3-8(6-15-11)10(9)14-2/h3-5H,6,11H2,1-2H3. The van der Waals surface area contributed by atoms with E-state index in [1.165, 1.54) is 14.2 Å². The monoisotopic (exact) mass is 211 g/mol. The Morgan fingerprint density at radius 2 is 2.07 bits per heavy atom. The Kier molecular flexibility index (Phi) is 4.08. The van der Waals surface area contributed by atoms with Crippen molar-refractivity contribution in [2.75, 3.05) is 14.2 Å². The molecule has 1 aromatic rings. The Morgan fingerprint density at radius 3 is 2.53 bits per heavy atom. The lowest BCUT2D eigenvalue weighted by molar-refractivity contribution is 0.112. The average Bonchev–Trinajstić information content (AvgIpc) is 2.28. The maximum absolute atomic E-state index is 10.7. The number of hydrogen-bond acceptors (Lipinski definition) is 5. The number of nitrogens with two attached hydrogens (primary N) is 1. The lowest BCUT2D eigenvalue weighted by Gasteiger charge is -2.12. The molecule has 0 saturated carbocycles. The summed E-state index contributed by atoms with van der Waals surface area (Å²) in [6.07, 6.45) is 0.724.